The lowest BCUT2D eigenvalue weighted by Gasteiger charge is -2.20. The summed E-state index contributed by atoms with van der Waals surface area (Å²) >= 11 is 3.00. The zero-order valence-corrected chi connectivity index (χ0v) is 47.7. The summed E-state index contributed by atoms with van der Waals surface area (Å²) in [6, 6.07) is 8.35. The molecule has 392 valence electrons. The summed E-state index contributed by atoms with van der Waals surface area (Å²) in [6.07, 6.45) is 17.2. The van der Waals surface area contributed by atoms with Crippen molar-refractivity contribution in [3.63, 3.8) is 0 Å². The van der Waals surface area contributed by atoms with Gasteiger partial charge in [0.1, 0.15) is 18.8 Å². The number of nitrogens with one attached hydrogen (secondary N) is 6. The number of oxazole rings is 3. The van der Waals surface area contributed by atoms with Gasteiger partial charge in [0.15, 0.2) is 24.5 Å². The number of anilines is 6. The molecule has 0 aliphatic heterocycles. The fourth-order valence-electron chi connectivity index (χ4n) is 4.97. The third kappa shape index (κ3) is 38.1. The maximum absolute atomic E-state index is 5.10. The first-order valence-corrected chi connectivity index (χ1v) is 24.9. The van der Waals surface area contributed by atoms with Gasteiger partial charge in [-0.3, -0.25) is 0 Å². The molecule has 0 radical (unpaired) electrons. The van der Waals surface area contributed by atoms with Crippen molar-refractivity contribution < 1.29 is 22.1 Å². The minimum absolute atomic E-state index is 0.0187. The molecule has 7 aromatic heterocycles. The monoisotopic (exact) mass is 1010 g/mol. The van der Waals surface area contributed by atoms with Gasteiger partial charge >= 0.3 is 0 Å². The Morgan fingerprint density at radius 1 is 0.500 bits per heavy atom. The molecule has 7 rings (SSSR count). The molecule has 7 heterocycles. The Hall–Kier alpha value is -5.75. The molecule has 0 saturated carbocycles. The maximum Gasteiger partial charge on any atom is 0.294 e. The zero-order chi connectivity index (χ0) is 53.3. The van der Waals surface area contributed by atoms with E-state index in [0.29, 0.717) is 17.3 Å². The van der Waals surface area contributed by atoms with Crippen LogP contribution in [0.15, 0.2) is 120 Å². The van der Waals surface area contributed by atoms with Crippen LogP contribution < -0.4 is 31.9 Å². The lowest BCUT2D eigenvalue weighted by Crippen LogP contribution is -2.26. The molecule has 0 amide bonds. The molecule has 0 fully saturated rings. The van der Waals surface area contributed by atoms with Crippen LogP contribution in [0.5, 0.6) is 0 Å². The van der Waals surface area contributed by atoms with Crippen LogP contribution in [0.2, 0.25) is 0 Å². The molecule has 0 saturated heterocycles. The molecule has 0 aromatic carbocycles. The third-order valence-electron chi connectivity index (χ3n) is 6.99. The van der Waals surface area contributed by atoms with Crippen LogP contribution in [-0.4, -0.2) is 56.9 Å². The predicted molar refractivity (Wildman–Crippen MR) is 295 cm³/mol. The zero-order valence-electron chi connectivity index (χ0n) is 46.0. The van der Waals surface area contributed by atoms with Gasteiger partial charge in [0, 0.05) is 50.1 Å². The summed E-state index contributed by atoms with van der Waals surface area (Å²) in [4.78, 5) is 11.6. The van der Waals surface area contributed by atoms with Crippen molar-refractivity contribution in [3.05, 3.63) is 103 Å². The van der Waals surface area contributed by atoms with Crippen LogP contribution in [0.3, 0.4) is 0 Å². The molecule has 7 aromatic rings. The predicted octanol–water partition coefficient (Wildman–Crippen LogP) is 15.7. The SMILES string of the molecule is CC(C)(C)Cc1ccsn1.CC(C)(C)Nc1ccco1.CC(C)(C)Nc1ccoc1.CC(C)(C)Nc1cnco1.CC(C)(C)Nc1cnsc1.CC(C)(C)Nc1cocn1.CC(C)(C)Nc1ncco1. The fourth-order valence-corrected chi connectivity index (χ4v) is 5.98. The van der Waals surface area contributed by atoms with Crippen LogP contribution >= 0.6 is 23.1 Å². The van der Waals surface area contributed by atoms with E-state index in [-0.39, 0.29) is 33.2 Å². The summed E-state index contributed by atoms with van der Waals surface area (Å²) in [5.41, 5.74) is 4.18. The Labute approximate surface area is 427 Å². The van der Waals surface area contributed by atoms with E-state index in [4.69, 9.17) is 22.1 Å². The average Bonchev–Trinajstić information content (AvgIpc) is 4.01. The fraction of sp³-hybridized carbons (Fsp3) is 0.558. The summed E-state index contributed by atoms with van der Waals surface area (Å²) in [6.45, 7) is 44.3. The number of nitrogens with zero attached hydrogens (tertiary/aromatic N) is 5. The molecule has 0 aliphatic rings. The normalized spacial score (nSPS) is 11.6. The molecule has 70 heavy (non-hydrogen) atoms. The number of hydrogen-bond acceptors (Lipinski definition) is 18. The van der Waals surface area contributed by atoms with E-state index in [1.54, 1.807) is 43.7 Å². The van der Waals surface area contributed by atoms with Gasteiger partial charge in [-0.25, -0.2) is 9.97 Å². The second-order valence-electron chi connectivity index (χ2n) is 23.5. The Bertz CT molecular complexity index is 1760. The lowest BCUT2D eigenvalue weighted by atomic mass is 9.91. The minimum atomic E-state index is 0.0187. The molecule has 0 atom stereocenters. The second-order valence-corrected chi connectivity index (χ2v) is 24.8. The quantitative estimate of drug-likeness (QED) is 0.0879. The number of hydrogen-bond donors (Lipinski definition) is 6. The molecular weight excluding hydrogens is 923 g/mol. The van der Waals surface area contributed by atoms with Crippen molar-refractivity contribution in [3.8, 4) is 0 Å². The third-order valence-corrected chi connectivity index (χ3v) is 8.18. The lowest BCUT2D eigenvalue weighted by molar-refractivity contribution is 0.408. The topological polar surface area (TPSA) is 202 Å². The Morgan fingerprint density at radius 2 is 1.10 bits per heavy atom. The van der Waals surface area contributed by atoms with Gasteiger partial charge in [0.2, 0.25) is 5.88 Å². The van der Waals surface area contributed by atoms with E-state index in [1.807, 2.05) is 35.2 Å². The summed E-state index contributed by atoms with van der Waals surface area (Å²) in [7, 11) is 0. The Balaban J connectivity index is 0.000000408. The first-order chi connectivity index (χ1) is 32.0. The van der Waals surface area contributed by atoms with E-state index in [1.165, 1.54) is 41.5 Å². The number of aromatic nitrogens is 5. The Kier molecular flexibility index (Phi) is 25.6. The smallest absolute Gasteiger partial charge is 0.294 e. The highest BCUT2D eigenvalue weighted by molar-refractivity contribution is 7.04. The van der Waals surface area contributed by atoms with Gasteiger partial charge in [0.25, 0.3) is 6.01 Å². The number of rotatable bonds is 7. The van der Waals surface area contributed by atoms with Crippen LogP contribution in [0.25, 0.3) is 0 Å². The molecule has 0 bridgehead atoms. The second kappa shape index (κ2) is 28.8. The van der Waals surface area contributed by atoms with E-state index in [0.717, 1.165) is 29.5 Å². The molecule has 0 unspecified atom stereocenters. The molecule has 0 aliphatic carbocycles. The number of furan rings is 2. The van der Waals surface area contributed by atoms with Gasteiger partial charge in [-0.15, -0.1) is 0 Å². The molecule has 0 spiro atoms. The summed E-state index contributed by atoms with van der Waals surface area (Å²) in [5.74, 6) is 2.33. The van der Waals surface area contributed by atoms with Crippen molar-refractivity contribution in [2.75, 3.05) is 31.9 Å². The van der Waals surface area contributed by atoms with Crippen LogP contribution in [0.1, 0.15) is 151 Å². The molecular formula is C52H87N11O5S2. The van der Waals surface area contributed by atoms with E-state index >= 15 is 0 Å². The Morgan fingerprint density at radius 3 is 1.50 bits per heavy atom. The van der Waals surface area contributed by atoms with Crippen LogP contribution in [0.4, 0.5) is 35.0 Å². The standard InChI is InChI=1S/2C8H13NO.C8H13NS.3C7H12N2O.C7H12N2S/c1-8(2,3)9-7-4-5-10-6-7;1-8(2,3)9-7-5-4-6-10-7;1-8(2,3)6-7-4-5-10-9-7;1-7(2,3)9-6-4-10-5-8-6;1-7(2,3)9-6-4-8-5-10-6;1-7(2,3)9-6-8-4-5-10-6;1-7(2,3)9-6-4-8-10-5-6/h2*4-6,9H,1-3H3;4-5H,6H2,1-3H3;2*4-5,9H,1-3H3;4-5H,1-3H3,(H,8,9);4-5,9H,1-3H3. The average molecular weight is 1010 g/mol. The van der Waals surface area contributed by atoms with Gasteiger partial charge in [-0.1, -0.05) is 20.8 Å². The molecule has 16 nitrogen and oxygen atoms in total. The van der Waals surface area contributed by atoms with Crippen molar-refractivity contribution >= 4 is 58.0 Å². The van der Waals surface area contributed by atoms with E-state index in [9.17, 15) is 0 Å². The summed E-state index contributed by atoms with van der Waals surface area (Å²) in [5, 5.41) is 23.2. The van der Waals surface area contributed by atoms with Crippen molar-refractivity contribution in [2.45, 2.75) is 185 Å². The first kappa shape index (κ1) is 62.3. The van der Waals surface area contributed by atoms with Crippen LogP contribution in [0, 0.1) is 5.41 Å². The van der Waals surface area contributed by atoms with E-state index in [2.05, 4.69) is 207 Å². The highest BCUT2D eigenvalue weighted by Gasteiger charge is 2.14. The van der Waals surface area contributed by atoms with Gasteiger partial charge in [-0.2, -0.15) is 13.7 Å². The summed E-state index contributed by atoms with van der Waals surface area (Å²) < 4.78 is 33.0. The highest BCUT2D eigenvalue weighted by atomic mass is 32.1. The van der Waals surface area contributed by atoms with Gasteiger partial charge in [0.05, 0.1) is 48.2 Å². The van der Waals surface area contributed by atoms with E-state index < -0.39 is 0 Å². The first-order valence-electron chi connectivity index (χ1n) is 23.2. The molecule has 6 N–H and O–H groups in total. The van der Waals surface area contributed by atoms with Crippen molar-refractivity contribution in [2.24, 2.45) is 5.41 Å². The maximum atomic E-state index is 5.10. The van der Waals surface area contributed by atoms with Gasteiger partial charge in [-0.05, 0) is 178 Å². The van der Waals surface area contributed by atoms with Crippen molar-refractivity contribution in [1.29, 1.82) is 0 Å². The molecule has 18 heteroatoms. The minimum Gasteiger partial charge on any atom is -0.470 e. The van der Waals surface area contributed by atoms with Crippen molar-refractivity contribution in [1.82, 2.24) is 23.7 Å². The largest absolute Gasteiger partial charge is 0.470 e. The van der Waals surface area contributed by atoms with Crippen LogP contribution in [-0.2, 0) is 6.42 Å². The highest BCUT2D eigenvalue weighted by Crippen LogP contribution is 2.20. The van der Waals surface area contributed by atoms with Gasteiger partial charge < -0.3 is 54.0 Å².